The highest BCUT2D eigenvalue weighted by molar-refractivity contribution is 5.68. The van der Waals surface area contributed by atoms with Gasteiger partial charge in [0.2, 0.25) is 0 Å². The van der Waals surface area contributed by atoms with E-state index in [9.17, 15) is 4.79 Å². The number of carbonyl (C=O) groups is 1. The maximum atomic E-state index is 10.7. The van der Waals surface area contributed by atoms with Crippen LogP contribution in [0.2, 0.25) is 0 Å². The summed E-state index contributed by atoms with van der Waals surface area (Å²) in [6.07, 6.45) is 1.69. The van der Waals surface area contributed by atoms with E-state index >= 15 is 0 Å². The largest absolute Gasteiger partial charge is 0.490 e. The molecule has 3 N–H and O–H groups in total. The molecule has 5 nitrogen and oxygen atoms in total. The molecule has 0 spiro atoms. The third-order valence-electron chi connectivity index (χ3n) is 2.71. The van der Waals surface area contributed by atoms with Crippen molar-refractivity contribution in [3.05, 3.63) is 23.8 Å². The quantitative estimate of drug-likeness (QED) is 0.727. The fraction of sp³-hybridized carbons (Fsp3) is 0.533. The Hall–Kier alpha value is -1.75. The second-order valence-electron chi connectivity index (χ2n) is 4.61. The smallest absolute Gasteiger partial charge is 0.305 e. The van der Waals surface area contributed by atoms with E-state index in [1.54, 1.807) is 18.2 Å². The van der Waals surface area contributed by atoms with E-state index in [2.05, 4.69) is 0 Å². The molecule has 20 heavy (non-hydrogen) atoms. The normalized spacial score (nSPS) is 11.9. The van der Waals surface area contributed by atoms with E-state index in [0.29, 0.717) is 24.7 Å². The lowest BCUT2D eigenvalue weighted by atomic mass is 10.0. The molecule has 0 aliphatic rings. The number of carboxylic acids is 1. The molecule has 5 heteroatoms. The highest BCUT2D eigenvalue weighted by Crippen LogP contribution is 2.31. The van der Waals surface area contributed by atoms with E-state index in [1.165, 1.54) is 0 Å². The van der Waals surface area contributed by atoms with Crippen LogP contribution in [0.5, 0.6) is 11.5 Å². The van der Waals surface area contributed by atoms with Crippen LogP contribution in [0.4, 0.5) is 0 Å². The minimum atomic E-state index is -0.917. The summed E-state index contributed by atoms with van der Waals surface area (Å²) in [7, 11) is 0. The standard InChI is InChI=1S/C15H23NO4/c1-3-7-19-13-6-5-11(12(16)10-15(17)18)9-14(13)20-8-4-2/h5-6,9,12H,3-4,7-8,10,16H2,1-2H3,(H,17,18). The molecule has 1 atom stereocenters. The third-order valence-corrected chi connectivity index (χ3v) is 2.71. The number of rotatable bonds is 9. The van der Waals surface area contributed by atoms with Crippen LogP contribution >= 0.6 is 0 Å². The summed E-state index contributed by atoms with van der Waals surface area (Å²) in [5.41, 5.74) is 6.60. The molecule has 1 unspecified atom stereocenters. The van der Waals surface area contributed by atoms with Crippen molar-refractivity contribution < 1.29 is 19.4 Å². The summed E-state index contributed by atoms with van der Waals surface area (Å²) < 4.78 is 11.3. The van der Waals surface area contributed by atoms with Crippen molar-refractivity contribution in [3.63, 3.8) is 0 Å². The number of benzene rings is 1. The van der Waals surface area contributed by atoms with Gasteiger partial charge in [0.25, 0.3) is 0 Å². The minimum Gasteiger partial charge on any atom is -0.490 e. The average molecular weight is 281 g/mol. The molecule has 1 aromatic rings. The maximum absolute atomic E-state index is 10.7. The maximum Gasteiger partial charge on any atom is 0.305 e. The Bertz CT molecular complexity index is 434. The van der Waals surface area contributed by atoms with Gasteiger partial charge in [-0.05, 0) is 30.5 Å². The first-order valence-corrected chi connectivity index (χ1v) is 6.95. The first kappa shape index (κ1) is 16.3. The summed E-state index contributed by atoms with van der Waals surface area (Å²) in [4.78, 5) is 10.7. The van der Waals surface area contributed by atoms with Gasteiger partial charge in [0.05, 0.1) is 19.6 Å². The van der Waals surface area contributed by atoms with Crippen molar-refractivity contribution in [3.8, 4) is 11.5 Å². The van der Waals surface area contributed by atoms with Crippen LogP contribution in [0.1, 0.15) is 44.7 Å². The lowest BCUT2D eigenvalue weighted by molar-refractivity contribution is -0.137. The van der Waals surface area contributed by atoms with Gasteiger partial charge in [-0.15, -0.1) is 0 Å². The van der Waals surface area contributed by atoms with Crippen LogP contribution in [0.15, 0.2) is 18.2 Å². The summed E-state index contributed by atoms with van der Waals surface area (Å²) in [6.45, 7) is 5.25. The molecule has 0 aliphatic carbocycles. The minimum absolute atomic E-state index is 0.109. The lowest BCUT2D eigenvalue weighted by Gasteiger charge is -2.16. The Morgan fingerprint density at radius 2 is 1.80 bits per heavy atom. The molecule has 112 valence electrons. The van der Waals surface area contributed by atoms with Crippen LogP contribution in [0.3, 0.4) is 0 Å². The highest BCUT2D eigenvalue weighted by atomic mass is 16.5. The zero-order chi connectivity index (χ0) is 15.0. The molecule has 0 saturated carbocycles. The lowest BCUT2D eigenvalue weighted by Crippen LogP contribution is -2.15. The molecule has 1 rings (SSSR count). The monoisotopic (exact) mass is 281 g/mol. The summed E-state index contributed by atoms with van der Waals surface area (Å²) in [5, 5.41) is 8.79. The Balaban J connectivity index is 2.90. The molecule has 0 bridgehead atoms. The van der Waals surface area contributed by atoms with Crippen LogP contribution in [0, 0.1) is 0 Å². The molecule has 0 aliphatic heterocycles. The Kier molecular flexibility index (Phi) is 6.87. The highest BCUT2D eigenvalue weighted by Gasteiger charge is 2.14. The van der Waals surface area contributed by atoms with Gasteiger partial charge in [-0.1, -0.05) is 19.9 Å². The Morgan fingerprint density at radius 1 is 1.20 bits per heavy atom. The first-order valence-electron chi connectivity index (χ1n) is 6.95. The Labute approximate surface area is 119 Å². The SMILES string of the molecule is CCCOc1ccc(C(N)CC(=O)O)cc1OCCC. The van der Waals surface area contributed by atoms with Crippen molar-refractivity contribution in [1.29, 1.82) is 0 Å². The number of hydrogen-bond acceptors (Lipinski definition) is 4. The van der Waals surface area contributed by atoms with Gasteiger partial charge in [-0.2, -0.15) is 0 Å². The van der Waals surface area contributed by atoms with Gasteiger partial charge in [0.1, 0.15) is 0 Å². The molecule has 0 radical (unpaired) electrons. The van der Waals surface area contributed by atoms with Gasteiger partial charge in [-0.3, -0.25) is 4.79 Å². The fourth-order valence-corrected chi connectivity index (χ4v) is 1.72. The summed E-state index contributed by atoms with van der Waals surface area (Å²) in [6, 6.07) is 4.81. The predicted octanol–water partition coefficient (Wildman–Crippen LogP) is 2.74. The molecule has 0 heterocycles. The van der Waals surface area contributed by atoms with Crippen LogP contribution in [0.25, 0.3) is 0 Å². The van der Waals surface area contributed by atoms with Crippen LogP contribution < -0.4 is 15.2 Å². The molecule has 0 amide bonds. The molecule has 0 aromatic heterocycles. The number of hydrogen-bond donors (Lipinski definition) is 2. The van der Waals surface area contributed by atoms with Gasteiger partial charge >= 0.3 is 5.97 Å². The molecule has 1 aromatic carbocycles. The molecular formula is C15H23NO4. The van der Waals surface area contributed by atoms with Gasteiger partial charge < -0.3 is 20.3 Å². The number of aliphatic carboxylic acids is 1. The fourth-order valence-electron chi connectivity index (χ4n) is 1.72. The van der Waals surface area contributed by atoms with Gasteiger partial charge in [0.15, 0.2) is 11.5 Å². The zero-order valence-corrected chi connectivity index (χ0v) is 12.1. The van der Waals surface area contributed by atoms with E-state index < -0.39 is 12.0 Å². The van der Waals surface area contributed by atoms with Crippen molar-refractivity contribution in [2.24, 2.45) is 5.73 Å². The predicted molar refractivity (Wildman–Crippen MR) is 77.2 cm³/mol. The number of nitrogens with two attached hydrogens (primary N) is 1. The average Bonchev–Trinajstić information content (AvgIpc) is 2.42. The molecule has 0 fully saturated rings. The summed E-state index contributed by atoms with van der Waals surface area (Å²) >= 11 is 0. The van der Waals surface area contributed by atoms with Crippen molar-refractivity contribution in [2.45, 2.75) is 39.2 Å². The molecule has 0 saturated heterocycles. The summed E-state index contributed by atoms with van der Waals surface area (Å²) in [5.74, 6) is 0.380. The van der Waals surface area contributed by atoms with Crippen molar-refractivity contribution >= 4 is 5.97 Å². The zero-order valence-electron chi connectivity index (χ0n) is 12.1. The number of carboxylic acid groups (broad SMARTS) is 1. The first-order chi connectivity index (χ1) is 9.58. The van der Waals surface area contributed by atoms with E-state index in [-0.39, 0.29) is 6.42 Å². The second kappa shape index (κ2) is 8.43. The van der Waals surface area contributed by atoms with Gasteiger partial charge in [-0.25, -0.2) is 0 Å². The number of ether oxygens (including phenoxy) is 2. The molecular weight excluding hydrogens is 258 g/mol. The van der Waals surface area contributed by atoms with E-state index in [4.69, 9.17) is 20.3 Å². The third kappa shape index (κ3) is 5.09. The van der Waals surface area contributed by atoms with Crippen LogP contribution in [-0.2, 0) is 4.79 Å². The topological polar surface area (TPSA) is 81.8 Å². The Morgan fingerprint density at radius 3 is 2.35 bits per heavy atom. The van der Waals surface area contributed by atoms with E-state index in [1.807, 2.05) is 13.8 Å². The van der Waals surface area contributed by atoms with Crippen LogP contribution in [-0.4, -0.2) is 24.3 Å². The van der Waals surface area contributed by atoms with Crippen molar-refractivity contribution in [1.82, 2.24) is 0 Å². The van der Waals surface area contributed by atoms with Gasteiger partial charge in [0, 0.05) is 6.04 Å². The second-order valence-corrected chi connectivity index (χ2v) is 4.61. The van der Waals surface area contributed by atoms with Crippen molar-refractivity contribution in [2.75, 3.05) is 13.2 Å². The van der Waals surface area contributed by atoms with E-state index in [0.717, 1.165) is 18.4 Å².